The Morgan fingerprint density at radius 1 is 1.06 bits per heavy atom. The van der Waals surface area contributed by atoms with E-state index < -0.39 is 0 Å². The van der Waals surface area contributed by atoms with E-state index >= 15 is 0 Å². The Labute approximate surface area is 194 Å². The van der Waals surface area contributed by atoms with E-state index in [0.717, 1.165) is 36.5 Å². The molecule has 0 unspecified atom stereocenters. The van der Waals surface area contributed by atoms with Gasteiger partial charge in [0.15, 0.2) is 5.11 Å². The second kappa shape index (κ2) is 8.14. The molecule has 152 valence electrons. The predicted molar refractivity (Wildman–Crippen MR) is 129 cm³/mol. The highest BCUT2D eigenvalue weighted by Gasteiger charge is 2.13. The van der Waals surface area contributed by atoms with Crippen molar-refractivity contribution in [2.45, 2.75) is 0 Å². The van der Waals surface area contributed by atoms with Gasteiger partial charge in [-0.25, -0.2) is 0 Å². The Morgan fingerprint density at radius 3 is 2.74 bits per heavy atom. The number of thiocarbonyl (C=S) groups is 1. The monoisotopic (exact) mass is 508 g/mol. The summed E-state index contributed by atoms with van der Waals surface area (Å²) < 4.78 is 2.57. The normalized spacial score (nSPS) is 11.0. The van der Waals surface area contributed by atoms with E-state index in [1.54, 1.807) is 16.9 Å². The van der Waals surface area contributed by atoms with Crippen molar-refractivity contribution in [2.75, 3.05) is 5.32 Å². The zero-order valence-electron chi connectivity index (χ0n) is 15.7. The lowest BCUT2D eigenvalue weighted by molar-refractivity contribution is 0.0979. The number of amides is 1. The molecule has 5 aromatic rings. The molecule has 31 heavy (non-hydrogen) atoms. The van der Waals surface area contributed by atoms with Crippen LogP contribution >= 0.6 is 39.5 Å². The third-order valence-corrected chi connectivity index (χ3v) is 6.45. The second-order valence-corrected chi connectivity index (χ2v) is 8.81. The second-order valence-electron chi connectivity index (χ2n) is 6.59. The van der Waals surface area contributed by atoms with Gasteiger partial charge in [0.2, 0.25) is 4.96 Å². The van der Waals surface area contributed by atoms with Crippen molar-refractivity contribution in [3.05, 3.63) is 77.0 Å². The predicted octanol–water partition coefficient (Wildman–Crippen LogP) is 4.90. The molecule has 7 nitrogen and oxygen atoms in total. The third kappa shape index (κ3) is 3.92. The molecule has 2 aromatic heterocycles. The summed E-state index contributed by atoms with van der Waals surface area (Å²) in [4.78, 5) is 13.6. The number of hydrogen-bond donors (Lipinski definition) is 2. The van der Waals surface area contributed by atoms with Crippen LogP contribution in [0.25, 0.3) is 26.3 Å². The van der Waals surface area contributed by atoms with Crippen molar-refractivity contribution >= 4 is 71.9 Å². The summed E-state index contributed by atoms with van der Waals surface area (Å²) in [6.45, 7) is 0. The largest absolute Gasteiger partial charge is 0.332 e. The molecule has 0 aliphatic rings. The maximum atomic E-state index is 12.9. The Kier molecular flexibility index (Phi) is 5.18. The highest BCUT2D eigenvalue weighted by molar-refractivity contribution is 9.10. The van der Waals surface area contributed by atoms with Crippen molar-refractivity contribution < 1.29 is 4.79 Å². The topological polar surface area (TPSA) is 84.2 Å². The molecule has 0 atom stereocenters. The number of nitrogens with one attached hydrogen (secondary N) is 2. The fourth-order valence-corrected chi connectivity index (χ4v) is 4.73. The first kappa shape index (κ1) is 19.7. The zero-order valence-corrected chi connectivity index (χ0v) is 19.0. The Morgan fingerprint density at radius 2 is 1.87 bits per heavy atom. The Bertz CT molecular complexity index is 1430. The molecule has 0 aliphatic heterocycles. The van der Waals surface area contributed by atoms with E-state index in [-0.39, 0.29) is 11.0 Å². The van der Waals surface area contributed by atoms with Crippen LogP contribution in [-0.2, 0) is 0 Å². The molecule has 0 radical (unpaired) electrons. The van der Waals surface area contributed by atoms with E-state index in [2.05, 4.69) is 41.9 Å². The number of carbonyl (C=O) groups excluding carboxylic acids is 1. The van der Waals surface area contributed by atoms with Crippen molar-refractivity contribution in [3.63, 3.8) is 0 Å². The number of halogens is 1. The molecule has 10 heteroatoms. The number of carbonyl (C=O) groups is 1. The fraction of sp³-hybridized carbons (Fsp3) is 0. The number of anilines is 1. The molecule has 0 saturated heterocycles. The lowest BCUT2D eigenvalue weighted by Gasteiger charge is -2.12. The van der Waals surface area contributed by atoms with Crippen LogP contribution < -0.4 is 10.6 Å². The minimum Gasteiger partial charge on any atom is -0.332 e. The summed E-state index contributed by atoms with van der Waals surface area (Å²) in [7, 11) is 0. The third-order valence-electron chi connectivity index (χ3n) is 4.59. The molecule has 0 saturated carbocycles. The average molecular weight is 509 g/mol. The number of nitrogens with zero attached hydrogens (tertiary/aromatic N) is 4. The number of benzene rings is 3. The molecule has 0 fully saturated rings. The van der Waals surface area contributed by atoms with Gasteiger partial charge in [-0.3, -0.25) is 10.1 Å². The Hall–Kier alpha value is -3.21. The SMILES string of the molecule is O=C(NC(=S)Nc1cccc(-c2nn3cnnc3s2)c1)c1cccc2c(Br)cccc12. The van der Waals surface area contributed by atoms with E-state index in [1.807, 2.05) is 54.6 Å². The number of rotatable bonds is 3. The Balaban J connectivity index is 1.34. The van der Waals surface area contributed by atoms with Crippen LogP contribution in [0, 0.1) is 0 Å². The lowest BCUT2D eigenvalue weighted by atomic mass is 10.0. The molecule has 5 rings (SSSR count). The van der Waals surface area contributed by atoms with Crippen molar-refractivity contribution in [3.8, 4) is 10.6 Å². The number of hydrogen-bond acceptors (Lipinski definition) is 6. The van der Waals surface area contributed by atoms with Gasteiger partial charge in [-0.2, -0.15) is 9.61 Å². The highest BCUT2D eigenvalue weighted by atomic mass is 79.9. The average Bonchev–Trinajstić information content (AvgIpc) is 3.36. The first-order valence-corrected chi connectivity index (χ1v) is 11.2. The van der Waals surface area contributed by atoms with Gasteiger partial charge < -0.3 is 5.32 Å². The van der Waals surface area contributed by atoms with Gasteiger partial charge >= 0.3 is 0 Å². The minimum absolute atomic E-state index is 0.215. The summed E-state index contributed by atoms with van der Waals surface area (Å²) in [6, 6.07) is 19.0. The van der Waals surface area contributed by atoms with E-state index in [1.165, 1.54) is 11.3 Å². The highest BCUT2D eigenvalue weighted by Crippen LogP contribution is 2.28. The number of fused-ring (bicyclic) bond motifs is 2. The standard InChI is InChI=1S/C21H13BrN6OS2/c22-17-9-3-6-14-15(17)7-2-8-16(14)18(29)25-20(30)24-13-5-1-4-12(10-13)19-27-28-11-23-26-21(28)31-19/h1-11H,(H2,24,25,29,30). The quantitative estimate of drug-likeness (QED) is 0.337. The summed E-state index contributed by atoms with van der Waals surface area (Å²) in [6.07, 6.45) is 1.56. The minimum atomic E-state index is -0.272. The maximum absolute atomic E-state index is 12.9. The summed E-state index contributed by atoms with van der Waals surface area (Å²) in [5.41, 5.74) is 2.21. The first-order valence-electron chi connectivity index (χ1n) is 9.15. The van der Waals surface area contributed by atoms with Crippen molar-refractivity contribution in [1.29, 1.82) is 0 Å². The van der Waals surface area contributed by atoms with Gasteiger partial charge in [0.1, 0.15) is 11.3 Å². The van der Waals surface area contributed by atoms with Gasteiger partial charge in [-0.05, 0) is 47.3 Å². The van der Waals surface area contributed by atoms with Crippen LogP contribution in [-0.4, -0.2) is 30.8 Å². The molecule has 0 bridgehead atoms. The number of aromatic nitrogens is 4. The lowest BCUT2D eigenvalue weighted by Crippen LogP contribution is -2.34. The van der Waals surface area contributed by atoms with E-state index in [4.69, 9.17) is 12.2 Å². The van der Waals surface area contributed by atoms with Crippen LogP contribution in [0.15, 0.2) is 71.5 Å². The van der Waals surface area contributed by atoms with Crippen molar-refractivity contribution in [2.24, 2.45) is 0 Å². The molecule has 2 N–H and O–H groups in total. The van der Waals surface area contributed by atoms with Gasteiger partial charge in [-0.1, -0.05) is 63.7 Å². The van der Waals surface area contributed by atoms with Gasteiger partial charge in [0.05, 0.1) is 0 Å². The van der Waals surface area contributed by atoms with Gasteiger partial charge in [0, 0.05) is 21.3 Å². The molecular weight excluding hydrogens is 496 g/mol. The smallest absolute Gasteiger partial charge is 0.258 e. The molecular formula is C21H13BrN6OS2. The summed E-state index contributed by atoms with van der Waals surface area (Å²) in [5.74, 6) is -0.272. The summed E-state index contributed by atoms with van der Waals surface area (Å²) in [5, 5.41) is 21.0. The van der Waals surface area contributed by atoms with E-state index in [0.29, 0.717) is 5.56 Å². The van der Waals surface area contributed by atoms with E-state index in [9.17, 15) is 4.79 Å². The molecule has 0 aliphatic carbocycles. The molecule has 2 heterocycles. The molecule has 3 aromatic carbocycles. The molecule has 1 amide bonds. The van der Waals surface area contributed by atoms with Crippen LogP contribution in [0.4, 0.5) is 5.69 Å². The maximum Gasteiger partial charge on any atom is 0.258 e. The first-order chi connectivity index (χ1) is 15.1. The van der Waals surface area contributed by atoms with Crippen LogP contribution in [0.5, 0.6) is 0 Å². The van der Waals surface area contributed by atoms with Gasteiger partial charge in [-0.15, -0.1) is 10.2 Å². The van der Waals surface area contributed by atoms with Crippen LogP contribution in [0.2, 0.25) is 0 Å². The van der Waals surface area contributed by atoms with Crippen LogP contribution in [0.3, 0.4) is 0 Å². The molecule has 0 spiro atoms. The van der Waals surface area contributed by atoms with Crippen molar-refractivity contribution in [1.82, 2.24) is 25.1 Å². The van der Waals surface area contributed by atoms with Gasteiger partial charge in [0.25, 0.3) is 5.91 Å². The van der Waals surface area contributed by atoms with Crippen LogP contribution in [0.1, 0.15) is 10.4 Å². The fourth-order valence-electron chi connectivity index (χ4n) is 3.21. The summed E-state index contributed by atoms with van der Waals surface area (Å²) >= 11 is 10.3. The zero-order chi connectivity index (χ0) is 21.4.